The van der Waals surface area contributed by atoms with Gasteiger partial charge in [0, 0.05) is 44.1 Å². The van der Waals surface area contributed by atoms with E-state index in [1.165, 1.54) is 0 Å². The number of nitrogens with zero attached hydrogens (tertiary/aromatic N) is 4. The highest BCUT2D eigenvalue weighted by molar-refractivity contribution is 8.00. The van der Waals surface area contributed by atoms with Gasteiger partial charge in [0.15, 0.2) is 5.25 Å². The molecular formula is C24H30N4O4S. The van der Waals surface area contributed by atoms with Crippen molar-refractivity contribution in [1.82, 2.24) is 9.88 Å². The van der Waals surface area contributed by atoms with E-state index in [2.05, 4.69) is 14.8 Å². The molecule has 33 heavy (non-hydrogen) atoms. The Morgan fingerprint density at radius 3 is 2.58 bits per heavy atom. The predicted octanol–water partition coefficient (Wildman–Crippen LogP) is 1.93. The highest BCUT2D eigenvalue weighted by atomic mass is 32.3. The fourth-order valence-corrected chi connectivity index (χ4v) is 7.25. The second-order valence-corrected chi connectivity index (χ2v) is 12.2. The quantitative estimate of drug-likeness (QED) is 0.631. The number of hydrogen-bond acceptors (Lipinski definition) is 7. The highest BCUT2D eigenvalue weighted by Gasteiger charge is 2.63. The molecule has 3 atom stereocenters. The number of anilines is 2. The minimum Gasteiger partial charge on any atom is -0.614 e. The van der Waals surface area contributed by atoms with Crippen molar-refractivity contribution in [2.75, 3.05) is 49.2 Å². The Balaban J connectivity index is 1.45. The molecule has 8 nitrogen and oxygen atoms in total. The van der Waals surface area contributed by atoms with Crippen LogP contribution in [0, 0.1) is 0 Å². The van der Waals surface area contributed by atoms with Gasteiger partial charge in [-0.3, -0.25) is 4.79 Å². The summed E-state index contributed by atoms with van der Waals surface area (Å²) in [6.07, 6.45) is 1.77. The van der Waals surface area contributed by atoms with Crippen molar-refractivity contribution in [3.05, 3.63) is 54.2 Å². The molecule has 5 rings (SSSR count). The number of rotatable bonds is 4. The number of pyridine rings is 1. The number of benzene rings is 1. The molecule has 0 radical (unpaired) electrons. The van der Waals surface area contributed by atoms with Gasteiger partial charge in [-0.25, -0.2) is 4.98 Å². The lowest BCUT2D eigenvalue weighted by molar-refractivity contribution is -0.137. The van der Waals surface area contributed by atoms with Crippen LogP contribution in [0.5, 0.6) is 0 Å². The van der Waals surface area contributed by atoms with Gasteiger partial charge in [0.05, 0.1) is 36.0 Å². The first-order valence-corrected chi connectivity index (χ1v) is 13.0. The molecule has 0 saturated carbocycles. The topological polar surface area (TPSA) is 89.0 Å². The van der Waals surface area contributed by atoms with E-state index in [0.29, 0.717) is 32.8 Å². The summed E-state index contributed by atoms with van der Waals surface area (Å²) < 4.78 is 31.0. The van der Waals surface area contributed by atoms with Gasteiger partial charge in [0.25, 0.3) is 5.91 Å². The average Bonchev–Trinajstić information content (AvgIpc) is 3.29. The van der Waals surface area contributed by atoms with E-state index < -0.39 is 26.3 Å². The van der Waals surface area contributed by atoms with Crippen molar-refractivity contribution >= 4 is 27.6 Å². The molecule has 3 fully saturated rings. The predicted molar refractivity (Wildman–Crippen MR) is 127 cm³/mol. The van der Waals surface area contributed by atoms with Gasteiger partial charge in [0.1, 0.15) is 5.82 Å². The summed E-state index contributed by atoms with van der Waals surface area (Å²) >= 11 is 0. The van der Waals surface area contributed by atoms with Crippen molar-refractivity contribution in [3.63, 3.8) is 0 Å². The van der Waals surface area contributed by atoms with E-state index in [1.807, 2.05) is 42.5 Å². The van der Waals surface area contributed by atoms with Crippen LogP contribution in [-0.4, -0.2) is 75.8 Å². The first kappa shape index (κ1) is 22.3. The molecule has 1 amide bonds. The Labute approximate surface area is 195 Å². The molecule has 3 aliphatic rings. The van der Waals surface area contributed by atoms with Crippen LogP contribution in [0.1, 0.15) is 19.4 Å². The van der Waals surface area contributed by atoms with E-state index in [0.717, 1.165) is 30.2 Å². The molecule has 0 N–H and O–H groups in total. The zero-order chi connectivity index (χ0) is 23.2. The molecule has 3 aliphatic heterocycles. The zero-order valence-electron chi connectivity index (χ0n) is 19.1. The van der Waals surface area contributed by atoms with Crippen LogP contribution in [0.3, 0.4) is 0 Å². The Kier molecular flexibility index (Phi) is 5.66. The fraction of sp³-hybridized carbons (Fsp3) is 0.500. The summed E-state index contributed by atoms with van der Waals surface area (Å²) in [5.74, 6) is 0.546. The van der Waals surface area contributed by atoms with E-state index in [-0.39, 0.29) is 5.91 Å². The number of fused-ring (bicyclic) bond motifs is 1. The lowest BCUT2D eigenvalue weighted by atomic mass is 10.1. The monoisotopic (exact) mass is 470 g/mol. The van der Waals surface area contributed by atoms with Gasteiger partial charge in [-0.2, -0.15) is 0 Å². The summed E-state index contributed by atoms with van der Waals surface area (Å²) in [4.78, 5) is 24.0. The lowest BCUT2D eigenvalue weighted by Crippen LogP contribution is -2.67. The number of amides is 1. The SMILES string of the molecule is CC1(C)C(=O)N(Cc2ccccc2)[C@H]2CN(c3ccnc(N4CCOCC4)c3)C[C@@H]2[S+]1(=O)[O-]. The summed E-state index contributed by atoms with van der Waals surface area (Å²) in [6, 6.07) is 13.3. The first-order chi connectivity index (χ1) is 15.8. The maximum Gasteiger partial charge on any atom is 0.278 e. The fourth-order valence-electron chi connectivity index (χ4n) is 5.11. The van der Waals surface area contributed by atoms with Gasteiger partial charge in [0.2, 0.25) is 4.75 Å². The molecule has 0 aliphatic carbocycles. The van der Waals surface area contributed by atoms with E-state index >= 15 is 0 Å². The van der Waals surface area contributed by atoms with Gasteiger partial charge >= 0.3 is 0 Å². The second-order valence-electron chi connectivity index (χ2n) is 9.46. The Bertz CT molecular complexity index is 1070. The van der Waals surface area contributed by atoms with Crippen molar-refractivity contribution < 1.29 is 18.3 Å². The van der Waals surface area contributed by atoms with Crippen molar-refractivity contribution in [2.45, 2.75) is 36.4 Å². The molecule has 4 heterocycles. The Morgan fingerprint density at radius 1 is 1.12 bits per heavy atom. The minimum absolute atomic E-state index is 0.321. The van der Waals surface area contributed by atoms with Crippen molar-refractivity contribution in [3.8, 4) is 0 Å². The number of aromatic nitrogens is 1. The van der Waals surface area contributed by atoms with Crippen LogP contribution in [-0.2, 0) is 30.5 Å². The summed E-state index contributed by atoms with van der Waals surface area (Å²) in [5.41, 5.74) is 1.93. The van der Waals surface area contributed by atoms with Gasteiger partial charge < -0.3 is 24.0 Å². The van der Waals surface area contributed by atoms with Crippen LogP contribution >= 0.6 is 0 Å². The zero-order valence-corrected chi connectivity index (χ0v) is 19.9. The maximum atomic E-state index is 13.5. The molecular weight excluding hydrogens is 440 g/mol. The Hall–Kier alpha value is -2.49. The second kappa shape index (κ2) is 8.38. The lowest BCUT2D eigenvalue weighted by Gasteiger charge is -2.46. The molecule has 176 valence electrons. The number of ether oxygens (including phenoxy) is 1. The van der Waals surface area contributed by atoms with E-state index in [1.54, 1.807) is 24.9 Å². The van der Waals surface area contributed by atoms with Crippen LogP contribution < -0.4 is 9.80 Å². The molecule has 2 aromatic rings. The minimum atomic E-state index is -3.66. The standard InChI is InChI=1S/C24H30N4O4S/c1-24(2)23(29)28(15-18-6-4-3-5-7-18)20-16-27(17-21(20)33(24,30)31)19-8-9-25-22(14-19)26-10-12-32-13-11-26/h3-9,14,20-21H,10-13,15-17H2,1-2H3/t20-,21-/m0/s1. The molecule has 0 spiro atoms. The molecule has 9 heteroatoms. The van der Waals surface area contributed by atoms with Gasteiger partial charge in [-0.05, 0) is 25.5 Å². The summed E-state index contributed by atoms with van der Waals surface area (Å²) in [7, 11) is -3.66. The normalized spacial score (nSPS) is 29.3. The third-order valence-electron chi connectivity index (χ3n) is 7.15. The molecule has 0 bridgehead atoms. The third kappa shape index (κ3) is 3.82. The van der Waals surface area contributed by atoms with Crippen LogP contribution in [0.4, 0.5) is 11.5 Å². The average molecular weight is 471 g/mol. The maximum absolute atomic E-state index is 13.5. The van der Waals surface area contributed by atoms with Crippen LogP contribution in [0.15, 0.2) is 48.7 Å². The first-order valence-electron chi connectivity index (χ1n) is 11.4. The summed E-state index contributed by atoms with van der Waals surface area (Å²) in [6.45, 7) is 7.24. The molecule has 1 aromatic heterocycles. The molecule has 1 unspecified atom stereocenters. The van der Waals surface area contributed by atoms with E-state index in [9.17, 15) is 13.6 Å². The number of carbonyl (C=O) groups is 1. The highest BCUT2D eigenvalue weighted by Crippen LogP contribution is 2.42. The van der Waals surface area contributed by atoms with E-state index in [4.69, 9.17) is 4.74 Å². The molecule has 1 aromatic carbocycles. The molecule has 3 saturated heterocycles. The van der Waals surface area contributed by atoms with Crippen LogP contribution in [0.2, 0.25) is 0 Å². The van der Waals surface area contributed by atoms with Crippen molar-refractivity contribution in [1.29, 1.82) is 0 Å². The largest absolute Gasteiger partial charge is 0.614 e. The number of hydrogen-bond donors (Lipinski definition) is 0. The van der Waals surface area contributed by atoms with Crippen molar-refractivity contribution in [2.24, 2.45) is 0 Å². The van der Waals surface area contributed by atoms with Gasteiger partial charge in [-0.15, -0.1) is 4.21 Å². The summed E-state index contributed by atoms with van der Waals surface area (Å²) in [5, 5.41) is -0.631. The Morgan fingerprint density at radius 2 is 1.85 bits per heavy atom. The number of sulfone groups is 1. The number of carbonyl (C=O) groups excluding carboxylic acids is 1. The smallest absolute Gasteiger partial charge is 0.278 e. The number of morpholine rings is 1. The van der Waals surface area contributed by atoms with Gasteiger partial charge in [-0.1, -0.05) is 30.3 Å². The van der Waals surface area contributed by atoms with Crippen LogP contribution in [0.25, 0.3) is 0 Å². The third-order valence-corrected chi connectivity index (χ3v) is 10.0.